The zero-order valence-electron chi connectivity index (χ0n) is 11.8. The third-order valence-electron chi connectivity index (χ3n) is 3.75. The molecular weight excluding hydrogens is 244 g/mol. The van der Waals surface area contributed by atoms with Crippen LogP contribution in [0, 0.1) is 0 Å². The molecule has 0 spiro atoms. The van der Waals surface area contributed by atoms with Crippen LogP contribution in [0.3, 0.4) is 0 Å². The van der Waals surface area contributed by atoms with Crippen molar-refractivity contribution in [1.29, 1.82) is 0 Å². The molecule has 18 heavy (non-hydrogen) atoms. The molecule has 1 unspecified atom stereocenters. The molecule has 0 saturated carbocycles. The summed E-state index contributed by atoms with van der Waals surface area (Å²) in [6.07, 6.45) is 2.25. The van der Waals surface area contributed by atoms with Crippen molar-refractivity contribution < 1.29 is 4.79 Å². The Morgan fingerprint density at radius 3 is 2.56 bits per heavy atom. The Balaban J connectivity index is 2.68. The summed E-state index contributed by atoms with van der Waals surface area (Å²) in [4.78, 5) is 15.5. The first kappa shape index (κ1) is 15.2. The number of carbonyl (C=O) groups excluding carboxylic acids is 1. The van der Waals surface area contributed by atoms with Gasteiger partial charge in [-0.15, -0.1) is 11.3 Å². The number of nitrogens with two attached hydrogens (primary N) is 1. The topological polar surface area (TPSA) is 46.3 Å². The molecule has 1 rings (SSSR count). The minimum absolute atomic E-state index is 0.0524. The molecule has 1 aromatic heterocycles. The maximum absolute atomic E-state index is 12.4. The largest absolute Gasteiger partial charge is 0.341 e. The van der Waals surface area contributed by atoms with Gasteiger partial charge in [0, 0.05) is 24.4 Å². The Morgan fingerprint density at radius 1 is 1.50 bits per heavy atom. The summed E-state index contributed by atoms with van der Waals surface area (Å²) < 4.78 is 0. The molecule has 0 fully saturated rings. The maximum atomic E-state index is 12.4. The summed E-state index contributed by atoms with van der Waals surface area (Å²) in [5.41, 5.74) is 5.45. The van der Waals surface area contributed by atoms with Crippen molar-refractivity contribution in [3.63, 3.8) is 0 Å². The fourth-order valence-corrected chi connectivity index (χ4v) is 2.79. The lowest BCUT2D eigenvalue weighted by atomic mass is 9.92. The number of hydrogen-bond acceptors (Lipinski definition) is 3. The second kappa shape index (κ2) is 6.34. The molecule has 0 aromatic carbocycles. The van der Waals surface area contributed by atoms with E-state index in [1.807, 2.05) is 27.0 Å². The zero-order chi connectivity index (χ0) is 13.8. The molecular formula is C14H24N2OS. The van der Waals surface area contributed by atoms with E-state index in [9.17, 15) is 4.79 Å². The second-order valence-electron chi connectivity index (χ2n) is 4.91. The van der Waals surface area contributed by atoms with Gasteiger partial charge in [0.2, 0.25) is 5.91 Å². The van der Waals surface area contributed by atoms with E-state index >= 15 is 0 Å². The molecule has 2 N–H and O–H groups in total. The van der Waals surface area contributed by atoms with Crippen LogP contribution in [0.2, 0.25) is 0 Å². The Morgan fingerprint density at radius 2 is 2.11 bits per heavy atom. The first-order valence-corrected chi connectivity index (χ1v) is 7.41. The lowest BCUT2D eigenvalue weighted by Gasteiger charge is -2.34. The number of rotatable bonds is 6. The molecule has 0 saturated heterocycles. The van der Waals surface area contributed by atoms with Crippen LogP contribution >= 0.6 is 11.3 Å². The van der Waals surface area contributed by atoms with Crippen LogP contribution in [0.15, 0.2) is 17.5 Å². The van der Waals surface area contributed by atoms with E-state index in [4.69, 9.17) is 5.73 Å². The molecule has 3 nitrogen and oxygen atoms in total. The first-order chi connectivity index (χ1) is 8.44. The molecule has 0 radical (unpaired) electrons. The van der Waals surface area contributed by atoms with Crippen LogP contribution in [0.25, 0.3) is 0 Å². The lowest BCUT2D eigenvalue weighted by molar-refractivity contribution is -0.137. The van der Waals surface area contributed by atoms with Crippen molar-refractivity contribution in [2.75, 3.05) is 7.05 Å². The molecule has 4 heteroatoms. The monoisotopic (exact) mass is 268 g/mol. The fourth-order valence-electron chi connectivity index (χ4n) is 1.96. The third-order valence-corrected chi connectivity index (χ3v) is 4.64. The summed E-state index contributed by atoms with van der Waals surface area (Å²) in [7, 11) is 1.85. The van der Waals surface area contributed by atoms with Gasteiger partial charge < -0.3 is 10.6 Å². The predicted octanol–water partition coefficient (Wildman–Crippen LogP) is 2.66. The zero-order valence-corrected chi connectivity index (χ0v) is 12.6. The standard InChI is InChI=1S/C14H24N2OS/c1-5-14(15,6-2)13(17)16(4)11(3)10-12-8-7-9-18-12/h7-9,11H,5-6,10,15H2,1-4H3. The smallest absolute Gasteiger partial charge is 0.242 e. The number of hydrogen-bond donors (Lipinski definition) is 1. The van der Waals surface area contributed by atoms with Crippen LogP contribution in [-0.4, -0.2) is 29.4 Å². The highest BCUT2D eigenvalue weighted by molar-refractivity contribution is 7.09. The van der Waals surface area contributed by atoms with Crippen molar-refractivity contribution in [2.24, 2.45) is 5.73 Å². The van der Waals surface area contributed by atoms with E-state index in [2.05, 4.69) is 18.4 Å². The number of amides is 1. The average Bonchev–Trinajstić information content (AvgIpc) is 2.88. The Labute approximate surface area is 114 Å². The predicted molar refractivity (Wildman–Crippen MR) is 77.8 cm³/mol. The van der Waals surface area contributed by atoms with Gasteiger partial charge in [-0.3, -0.25) is 4.79 Å². The van der Waals surface area contributed by atoms with Gasteiger partial charge >= 0.3 is 0 Å². The van der Waals surface area contributed by atoms with Gasteiger partial charge in [-0.2, -0.15) is 0 Å². The molecule has 1 aromatic rings. The van der Waals surface area contributed by atoms with Crippen molar-refractivity contribution in [1.82, 2.24) is 4.90 Å². The minimum Gasteiger partial charge on any atom is -0.341 e. The second-order valence-corrected chi connectivity index (χ2v) is 5.94. The van der Waals surface area contributed by atoms with Crippen LogP contribution in [0.1, 0.15) is 38.5 Å². The molecule has 1 atom stereocenters. The SMILES string of the molecule is CCC(N)(CC)C(=O)N(C)C(C)Cc1cccs1. The van der Waals surface area contributed by atoms with Crippen molar-refractivity contribution >= 4 is 17.2 Å². The van der Waals surface area contributed by atoms with Crippen molar-refractivity contribution in [3.8, 4) is 0 Å². The highest BCUT2D eigenvalue weighted by atomic mass is 32.1. The van der Waals surface area contributed by atoms with Gasteiger partial charge in [-0.1, -0.05) is 19.9 Å². The Hall–Kier alpha value is -0.870. The average molecular weight is 268 g/mol. The van der Waals surface area contributed by atoms with Crippen LogP contribution < -0.4 is 5.73 Å². The van der Waals surface area contributed by atoms with Gasteiger partial charge in [-0.05, 0) is 31.2 Å². The lowest BCUT2D eigenvalue weighted by Crippen LogP contribution is -2.55. The molecule has 0 bridgehead atoms. The van der Waals surface area contributed by atoms with Crippen LogP contribution in [0.5, 0.6) is 0 Å². The number of thiophene rings is 1. The van der Waals surface area contributed by atoms with Crippen LogP contribution in [-0.2, 0) is 11.2 Å². The molecule has 1 amide bonds. The van der Waals surface area contributed by atoms with E-state index < -0.39 is 5.54 Å². The molecule has 102 valence electrons. The number of likely N-dealkylation sites (N-methyl/N-ethyl adjacent to an activating group) is 1. The molecule has 0 aliphatic heterocycles. The van der Waals surface area contributed by atoms with Gasteiger partial charge in [0.05, 0.1) is 5.54 Å². The van der Waals surface area contributed by atoms with Gasteiger partial charge in [-0.25, -0.2) is 0 Å². The maximum Gasteiger partial charge on any atom is 0.242 e. The Bertz CT molecular complexity index is 371. The van der Waals surface area contributed by atoms with Gasteiger partial charge in [0.25, 0.3) is 0 Å². The highest BCUT2D eigenvalue weighted by Gasteiger charge is 2.34. The minimum atomic E-state index is -0.710. The van der Waals surface area contributed by atoms with Gasteiger partial charge in [0.15, 0.2) is 0 Å². The van der Waals surface area contributed by atoms with E-state index in [1.54, 1.807) is 16.2 Å². The molecule has 0 aliphatic rings. The summed E-state index contributed by atoms with van der Waals surface area (Å²) >= 11 is 1.73. The van der Waals surface area contributed by atoms with E-state index in [1.165, 1.54) is 4.88 Å². The normalized spacial score (nSPS) is 13.4. The number of nitrogens with zero attached hydrogens (tertiary/aromatic N) is 1. The van der Waals surface area contributed by atoms with Crippen LogP contribution in [0.4, 0.5) is 0 Å². The number of carbonyl (C=O) groups is 1. The quantitative estimate of drug-likeness (QED) is 0.862. The molecule has 1 heterocycles. The molecule has 0 aliphatic carbocycles. The van der Waals surface area contributed by atoms with Crippen molar-refractivity contribution in [2.45, 2.75) is 51.6 Å². The summed E-state index contributed by atoms with van der Waals surface area (Å²) in [6, 6.07) is 4.33. The Kier molecular flexibility index (Phi) is 5.35. The summed E-state index contributed by atoms with van der Waals surface area (Å²) in [5.74, 6) is 0.0524. The first-order valence-electron chi connectivity index (χ1n) is 6.53. The highest BCUT2D eigenvalue weighted by Crippen LogP contribution is 2.19. The summed E-state index contributed by atoms with van der Waals surface area (Å²) in [6.45, 7) is 6.02. The summed E-state index contributed by atoms with van der Waals surface area (Å²) in [5, 5.41) is 2.06. The van der Waals surface area contributed by atoms with E-state index in [-0.39, 0.29) is 11.9 Å². The third kappa shape index (κ3) is 3.33. The van der Waals surface area contributed by atoms with E-state index in [0.29, 0.717) is 12.8 Å². The van der Waals surface area contributed by atoms with Gasteiger partial charge in [0.1, 0.15) is 0 Å². The van der Waals surface area contributed by atoms with E-state index in [0.717, 1.165) is 6.42 Å². The fraction of sp³-hybridized carbons (Fsp3) is 0.643. The van der Waals surface area contributed by atoms with Crippen molar-refractivity contribution in [3.05, 3.63) is 22.4 Å².